The molecule has 9 heteroatoms. The van der Waals surface area contributed by atoms with Crippen molar-refractivity contribution in [2.75, 3.05) is 12.8 Å². The van der Waals surface area contributed by atoms with Crippen molar-refractivity contribution in [3.05, 3.63) is 41.0 Å². The molecular weight excluding hydrogens is 388 g/mol. The fourth-order valence-electron chi connectivity index (χ4n) is 3.58. The van der Waals surface area contributed by atoms with Crippen LogP contribution in [-0.2, 0) is 35.9 Å². The van der Waals surface area contributed by atoms with Gasteiger partial charge in [-0.25, -0.2) is 13.4 Å². The van der Waals surface area contributed by atoms with Crippen LogP contribution in [0.3, 0.4) is 0 Å². The fourth-order valence-corrected chi connectivity index (χ4v) is 4.54. The average Bonchev–Trinajstić information content (AvgIpc) is 2.89. The zero-order valence-electron chi connectivity index (χ0n) is 17.4. The topological polar surface area (TPSA) is 101 Å². The Morgan fingerprint density at radius 1 is 1.21 bits per heavy atom. The quantitative estimate of drug-likeness (QED) is 0.549. The van der Waals surface area contributed by atoms with Gasteiger partial charge in [0.15, 0.2) is 21.6 Å². The van der Waals surface area contributed by atoms with Gasteiger partial charge in [0.25, 0.3) is 0 Å². The molecule has 1 aliphatic rings. The molecular formula is C20H30N6O2S. The van der Waals surface area contributed by atoms with Gasteiger partial charge in [-0.1, -0.05) is 18.6 Å². The molecule has 0 atom stereocenters. The Hall–Kier alpha value is -2.42. The lowest BCUT2D eigenvalue weighted by Crippen LogP contribution is -2.37. The summed E-state index contributed by atoms with van der Waals surface area (Å²) in [5.74, 6) is 2.70. The molecule has 2 aromatic rings. The van der Waals surface area contributed by atoms with Crippen LogP contribution in [0.5, 0.6) is 0 Å². The van der Waals surface area contributed by atoms with Crippen molar-refractivity contribution in [2.45, 2.75) is 64.1 Å². The Kier molecular flexibility index (Phi) is 6.89. The van der Waals surface area contributed by atoms with Crippen LogP contribution in [0.15, 0.2) is 28.1 Å². The monoisotopic (exact) mass is 418 g/mol. The van der Waals surface area contributed by atoms with E-state index in [1.807, 2.05) is 26.0 Å². The molecule has 1 aromatic carbocycles. The van der Waals surface area contributed by atoms with Crippen molar-refractivity contribution in [3.8, 4) is 0 Å². The van der Waals surface area contributed by atoms with Gasteiger partial charge in [0.05, 0.1) is 18.0 Å². The number of aromatic nitrogens is 3. The highest BCUT2D eigenvalue weighted by Gasteiger charge is 2.15. The summed E-state index contributed by atoms with van der Waals surface area (Å²) in [6.45, 7) is 6.56. The van der Waals surface area contributed by atoms with E-state index in [9.17, 15) is 8.42 Å². The molecule has 0 aliphatic carbocycles. The number of aryl methyl sites for hydroxylation is 2. The first-order chi connectivity index (χ1) is 13.9. The van der Waals surface area contributed by atoms with E-state index in [0.29, 0.717) is 23.9 Å². The molecule has 0 saturated heterocycles. The van der Waals surface area contributed by atoms with Crippen LogP contribution in [-0.4, -0.2) is 41.9 Å². The molecule has 8 nitrogen and oxygen atoms in total. The number of nitrogens with zero attached hydrogens (tertiary/aromatic N) is 4. The van der Waals surface area contributed by atoms with Gasteiger partial charge < -0.3 is 15.2 Å². The first-order valence-corrected chi connectivity index (χ1v) is 12.0. The number of hydrogen-bond donors (Lipinski definition) is 2. The number of hydrogen-bond acceptors (Lipinski definition) is 5. The summed E-state index contributed by atoms with van der Waals surface area (Å²) in [7, 11) is -3.21. The molecule has 1 aromatic heterocycles. The second kappa shape index (κ2) is 9.39. The van der Waals surface area contributed by atoms with Crippen molar-refractivity contribution in [1.82, 2.24) is 25.4 Å². The molecule has 0 bridgehead atoms. The molecule has 0 unspecified atom stereocenters. The summed E-state index contributed by atoms with van der Waals surface area (Å²) in [6, 6.07) is 5.35. The van der Waals surface area contributed by atoms with Gasteiger partial charge in [-0.3, -0.25) is 0 Å². The van der Waals surface area contributed by atoms with E-state index in [4.69, 9.17) is 0 Å². The maximum Gasteiger partial charge on any atom is 0.191 e. The highest BCUT2D eigenvalue weighted by Crippen LogP contribution is 2.17. The zero-order valence-corrected chi connectivity index (χ0v) is 18.2. The smallest absolute Gasteiger partial charge is 0.191 e. The Morgan fingerprint density at radius 2 is 2.03 bits per heavy atom. The Morgan fingerprint density at radius 3 is 2.76 bits per heavy atom. The minimum absolute atomic E-state index is 0.364. The molecule has 3 rings (SSSR count). The Balaban J connectivity index is 1.68. The maximum absolute atomic E-state index is 11.8. The summed E-state index contributed by atoms with van der Waals surface area (Å²) in [5.41, 5.74) is 1.70. The maximum atomic E-state index is 11.8. The number of guanidine groups is 1. The zero-order chi connectivity index (χ0) is 20.9. The molecule has 0 fully saturated rings. The minimum Gasteiger partial charge on any atom is -0.357 e. The van der Waals surface area contributed by atoms with Crippen LogP contribution in [0, 0.1) is 6.92 Å². The third-order valence-electron chi connectivity index (χ3n) is 5.00. The second-order valence-corrected chi connectivity index (χ2v) is 9.40. The number of rotatable bonds is 6. The van der Waals surface area contributed by atoms with E-state index in [2.05, 4.69) is 30.4 Å². The van der Waals surface area contributed by atoms with E-state index >= 15 is 0 Å². The third-order valence-corrected chi connectivity index (χ3v) is 6.26. The van der Waals surface area contributed by atoms with Crippen LogP contribution in [0.2, 0.25) is 0 Å². The van der Waals surface area contributed by atoms with Gasteiger partial charge in [0.2, 0.25) is 0 Å². The van der Waals surface area contributed by atoms with Gasteiger partial charge in [-0.15, -0.1) is 10.2 Å². The number of fused-ring (bicyclic) bond motifs is 1. The summed E-state index contributed by atoms with van der Waals surface area (Å²) in [4.78, 5) is 5.00. The van der Waals surface area contributed by atoms with Crippen molar-refractivity contribution in [1.29, 1.82) is 0 Å². The predicted molar refractivity (Wildman–Crippen MR) is 114 cm³/mol. The van der Waals surface area contributed by atoms with Gasteiger partial charge >= 0.3 is 0 Å². The molecule has 1 aliphatic heterocycles. The van der Waals surface area contributed by atoms with Gasteiger partial charge in [-0.2, -0.15) is 0 Å². The van der Waals surface area contributed by atoms with E-state index in [-0.39, 0.29) is 0 Å². The number of sulfone groups is 1. The number of nitrogens with one attached hydrogen (secondary N) is 2. The molecule has 2 N–H and O–H groups in total. The Bertz CT molecular complexity index is 981. The number of aliphatic imine (C=N–C) groups is 1. The normalized spacial score (nSPS) is 14.9. The molecule has 0 amide bonds. The van der Waals surface area contributed by atoms with Crippen molar-refractivity contribution in [3.63, 3.8) is 0 Å². The molecule has 158 valence electrons. The van der Waals surface area contributed by atoms with Gasteiger partial charge in [-0.05, 0) is 43.9 Å². The SMILES string of the molecule is CCNC(=NCc1ccc(S(C)(=O)=O)c(C)c1)NCc1nnc2n1CCCCC2. The lowest BCUT2D eigenvalue weighted by molar-refractivity contribution is 0.596. The fraction of sp³-hybridized carbons (Fsp3) is 0.550. The summed E-state index contributed by atoms with van der Waals surface area (Å²) < 4.78 is 25.8. The minimum atomic E-state index is -3.21. The molecule has 0 radical (unpaired) electrons. The Labute approximate surface area is 172 Å². The van der Waals surface area contributed by atoms with Crippen LogP contribution < -0.4 is 10.6 Å². The van der Waals surface area contributed by atoms with E-state index in [1.54, 1.807) is 6.07 Å². The van der Waals surface area contributed by atoms with Gasteiger partial charge in [0.1, 0.15) is 5.82 Å². The van der Waals surface area contributed by atoms with Crippen LogP contribution >= 0.6 is 0 Å². The summed E-state index contributed by atoms with van der Waals surface area (Å²) >= 11 is 0. The lowest BCUT2D eigenvalue weighted by Gasteiger charge is -2.12. The molecule has 0 spiro atoms. The third kappa shape index (κ3) is 5.56. The van der Waals surface area contributed by atoms with Crippen LogP contribution in [0.4, 0.5) is 0 Å². The lowest BCUT2D eigenvalue weighted by atomic mass is 10.1. The van der Waals surface area contributed by atoms with Crippen LogP contribution in [0.1, 0.15) is 49.0 Å². The molecule has 2 heterocycles. The standard InChI is InChI=1S/C20H30N6O2S/c1-4-21-20(22-13-16-9-10-17(15(2)12-16)29(3,27)28)23-14-19-25-24-18-8-6-5-7-11-26(18)19/h9-10,12H,4-8,11,13-14H2,1-3H3,(H2,21,22,23). The first-order valence-electron chi connectivity index (χ1n) is 10.1. The van der Waals surface area contributed by atoms with E-state index in [0.717, 1.165) is 48.7 Å². The molecule has 29 heavy (non-hydrogen) atoms. The van der Waals surface area contributed by atoms with E-state index < -0.39 is 9.84 Å². The largest absolute Gasteiger partial charge is 0.357 e. The van der Waals surface area contributed by atoms with Crippen molar-refractivity contribution < 1.29 is 8.42 Å². The summed E-state index contributed by atoms with van der Waals surface area (Å²) in [5, 5.41) is 15.3. The second-order valence-electron chi connectivity index (χ2n) is 7.42. The first kappa shape index (κ1) is 21.3. The average molecular weight is 419 g/mol. The molecule has 0 saturated carbocycles. The van der Waals surface area contributed by atoms with E-state index in [1.165, 1.54) is 19.1 Å². The highest BCUT2D eigenvalue weighted by atomic mass is 32.2. The summed E-state index contributed by atoms with van der Waals surface area (Å²) in [6.07, 6.45) is 5.79. The van der Waals surface area contributed by atoms with Crippen molar-refractivity contribution >= 4 is 15.8 Å². The van der Waals surface area contributed by atoms with Crippen LogP contribution in [0.25, 0.3) is 0 Å². The highest BCUT2D eigenvalue weighted by molar-refractivity contribution is 7.90. The van der Waals surface area contributed by atoms with Crippen molar-refractivity contribution in [2.24, 2.45) is 4.99 Å². The predicted octanol–water partition coefficient (Wildman–Crippen LogP) is 1.97. The number of benzene rings is 1. The van der Waals surface area contributed by atoms with Gasteiger partial charge in [0, 0.05) is 25.8 Å².